The number of ether oxygens (including phenoxy) is 2. The van der Waals surface area contributed by atoms with Crippen molar-refractivity contribution in [2.45, 2.75) is 26.3 Å². The first kappa shape index (κ1) is 15.8. The van der Waals surface area contributed by atoms with Crippen molar-refractivity contribution in [3.05, 3.63) is 24.5 Å². The summed E-state index contributed by atoms with van der Waals surface area (Å²) in [5.74, 6) is 0.565. The molecule has 0 saturated carbocycles. The Morgan fingerprint density at radius 3 is 2.90 bits per heavy atom. The molecule has 0 amide bonds. The maximum absolute atomic E-state index is 12.1. The molecule has 1 aromatic rings. The summed E-state index contributed by atoms with van der Waals surface area (Å²) in [6, 6.07) is 4.17. The number of hydrogen-bond acceptors (Lipinski definition) is 5. The summed E-state index contributed by atoms with van der Waals surface area (Å²) in [5.41, 5.74) is 0. The topological polar surface area (TPSA) is 51.7 Å². The molecule has 0 N–H and O–H groups in total. The molecular weight excluding hydrogens is 268 g/mol. The number of rotatable bonds is 6. The highest BCUT2D eigenvalue weighted by Crippen LogP contribution is 2.27. The number of likely N-dealkylation sites (tertiary alicyclic amines) is 1. The smallest absolute Gasteiger partial charge is 0.312 e. The Morgan fingerprint density at radius 1 is 1.52 bits per heavy atom. The van der Waals surface area contributed by atoms with Crippen LogP contribution in [0.3, 0.4) is 0 Å². The van der Waals surface area contributed by atoms with Gasteiger partial charge in [-0.25, -0.2) is 0 Å². The quantitative estimate of drug-likeness (QED) is 0.750. The lowest BCUT2D eigenvalue weighted by Gasteiger charge is -2.24. The molecule has 2 atom stereocenters. The Morgan fingerprint density at radius 2 is 2.33 bits per heavy atom. The van der Waals surface area contributed by atoms with Gasteiger partial charge in [0, 0.05) is 18.8 Å². The molecule has 2 unspecified atom stereocenters. The second kappa shape index (κ2) is 7.41. The summed E-state index contributed by atoms with van der Waals surface area (Å²) >= 11 is 0. The lowest BCUT2D eigenvalue weighted by Crippen LogP contribution is -2.34. The van der Waals surface area contributed by atoms with E-state index in [2.05, 4.69) is 23.7 Å². The minimum atomic E-state index is -0.223. The lowest BCUT2D eigenvalue weighted by molar-refractivity contribution is -0.148. The van der Waals surface area contributed by atoms with Crippen LogP contribution in [0.5, 0.6) is 5.75 Å². The van der Waals surface area contributed by atoms with Gasteiger partial charge in [-0.15, -0.1) is 0 Å². The van der Waals surface area contributed by atoms with Gasteiger partial charge in [0.2, 0.25) is 0 Å². The van der Waals surface area contributed by atoms with E-state index in [0.29, 0.717) is 18.4 Å². The second-order valence-electron chi connectivity index (χ2n) is 5.77. The van der Waals surface area contributed by atoms with Gasteiger partial charge in [0.1, 0.15) is 12.4 Å². The van der Waals surface area contributed by atoms with Gasteiger partial charge in [-0.3, -0.25) is 9.78 Å². The van der Waals surface area contributed by atoms with Gasteiger partial charge in [0.05, 0.1) is 19.2 Å². The predicted molar refractivity (Wildman–Crippen MR) is 80.1 cm³/mol. The van der Waals surface area contributed by atoms with Crippen LogP contribution < -0.4 is 4.74 Å². The van der Waals surface area contributed by atoms with Crippen molar-refractivity contribution in [3.8, 4) is 5.75 Å². The molecule has 1 aromatic heterocycles. The molecule has 1 aliphatic rings. The Balaban J connectivity index is 1.97. The standard InChI is InChI=1S/C16H24N2O3/c1-12(2)18-8-6-13(10-18)15(16(19)20-3)11-21-14-5-4-7-17-9-14/h4-5,7,9,12-13,15H,6,8,10-11H2,1-3H3. The molecule has 21 heavy (non-hydrogen) atoms. The molecule has 5 nitrogen and oxygen atoms in total. The van der Waals surface area contributed by atoms with Crippen LogP contribution in [-0.4, -0.2) is 48.7 Å². The van der Waals surface area contributed by atoms with E-state index in [0.717, 1.165) is 19.5 Å². The molecule has 0 bridgehead atoms. The van der Waals surface area contributed by atoms with Gasteiger partial charge in [-0.2, -0.15) is 0 Å². The average molecular weight is 292 g/mol. The van der Waals surface area contributed by atoms with E-state index < -0.39 is 0 Å². The van der Waals surface area contributed by atoms with Gasteiger partial charge in [-0.1, -0.05) is 0 Å². The maximum atomic E-state index is 12.1. The first-order valence-electron chi connectivity index (χ1n) is 7.46. The van der Waals surface area contributed by atoms with Gasteiger partial charge in [-0.05, 0) is 44.9 Å². The predicted octanol–water partition coefficient (Wildman–Crippen LogP) is 1.98. The molecule has 2 heterocycles. The third-order valence-corrected chi connectivity index (χ3v) is 4.12. The van der Waals surface area contributed by atoms with Crippen LogP contribution in [0.2, 0.25) is 0 Å². The van der Waals surface area contributed by atoms with Crippen molar-refractivity contribution in [1.82, 2.24) is 9.88 Å². The molecule has 1 saturated heterocycles. The van der Waals surface area contributed by atoms with Gasteiger partial charge in [0.25, 0.3) is 0 Å². The Hall–Kier alpha value is -1.62. The Labute approximate surface area is 126 Å². The van der Waals surface area contributed by atoms with Crippen LogP contribution in [0.1, 0.15) is 20.3 Å². The van der Waals surface area contributed by atoms with Gasteiger partial charge < -0.3 is 14.4 Å². The van der Waals surface area contributed by atoms with Crippen LogP contribution in [-0.2, 0) is 9.53 Å². The van der Waals surface area contributed by atoms with Crippen molar-refractivity contribution in [2.75, 3.05) is 26.8 Å². The number of hydrogen-bond donors (Lipinski definition) is 0. The number of esters is 1. The maximum Gasteiger partial charge on any atom is 0.312 e. The molecule has 2 rings (SSSR count). The summed E-state index contributed by atoms with van der Waals surface area (Å²) in [6.45, 7) is 6.66. The van der Waals surface area contributed by atoms with Crippen LogP contribution in [0.25, 0.3) is 0 Å². The third-order valence-electron chi connectivity index (χ3n) is 4.12. The van der Waals surface area contributed by atoms with E-state index in [4.69, 9.17) is 9.47 Å². The highest BCUT2D eigenvalue weighted by Gasteiger charge is 2.35. The molecule has 5 heteroatoms. The van der Waals surface area contributed by atoms with E-state index in [-0.39, 0.29) is 17.8 Å². The van der Waals surface area contributed by atoms with Crippen molar-refractivity contribution in [1.29, 1.82) is 0 Å². The fourth-order valence-corrected chi connectivity index (χ4v) is 2.78. The summed E-state index contributed by atoms with van der Waals surface area (Å²) in [5, 5.41) is 0. The van der Waals surface area contributed by atoms with E-state index in [9.17, 15) is 4.79 Å². The first-order chi connectivity index (χ1) is 10.1. The van der Waals surface area contributed by atoms with Crippen LogP contribution >= 0.6 is 0 Å². The highest BCUT2D eigenvalue weighted by molar-refractivity contribution is 5.73. The molecule has 116 valence electrons. The fraction of sp³-hybridized carbons (Fsp3) is 0.625. The van der Waals surface area contributed by atoms with Crippen LogP contribution in [0.15, 0.2) is 24.5 Å². The Kier molecular flexibility index (Phi) is 5.56. The molecule has 0 radical (unpaired) electrons. The number of nitrogens with zero attached hydrogens (tertiary/aromatic N) is 2. The zero-order chi connectivity index (χ0) is 15.2. The Bertz CT molecular complexity index is 450. The van der Waals surface area contributed by atoms with Gasteiger partial charge in [0.15, 0.2) is 0 Å². The van der Waals surface area contributed by atoms with Crippen molar-refractivity contribution in [2.24, 2.45) is 11.8 Å². The first-order valence-corrected chi connectivity index (χ1v) is 7.46. The number of carbonyl (C=O) groups excluding carboxylic acids is 1. The number of aromatic nitrogens is 1. The molecule has 0 spiro atoms. The SMILES string of the molecule is COC(=O)C(COc1cccnc1)C1CCN(C(C)C)C1. The summed E-state index contributed by atoms with van der Waals surface area (Å²) in [6.07, 6.45) is 4.36. The van der Waals surface area contributed by atoms with Crippen LogP contribution in [0, 0.1) is 11.8 Å². The lowest BCUT2D eigenvalue weighted by atomic mass is 9.92. The minimum absolute atomic E-state index is 0.186. The largest absolute Gasteiger partial charge is 0.491 e. The van der Waals surface area contributed by atoms with E-state index in [1.165, 1.54) is 7.11 Å². The molecular formula is C16H24N2O3. The molecule has 0 aliphatic carbocycles. The highest BCUT2D eigenvalue weighted by atomic mass is 16.5. The van der Waals surface area contributed by atoms with E-state index in [1.54, 1.807) is 12.4 Å². The fourth-order valence-electron chi connectivity index (χ4n) is 2.78. The monoisotopic (exact) mass is 292 g/mol. The van der Waals surface area contributed by atoms with Crippen molar-refractivity contribution < 1.29 is 14.3 Å². The second-order valence-corrected chi connectivity index (χ2v) is 5.77. The van der Waals surface area contributed by atoms with Crippen LogP contribution in [0.4, 0.5) is 0 Å². The zero-order valence-corrected chi connectivity index (χ0v) is 13.0. The van der Waals surface area contributed by atoms with E-state index >= 15 is 0 Å². The number of pyridine rings is 1. The average Bonchev–Trinajstić information content (AvgIpc) is 2.98. The summed E-state index contributed by atoms with van der Waals surface area (Å²) < 4.78 is 10.7. The molecule has 1 aliphatic heterocycles. The number of carbonyl (C=O) groups is 1. The van der Waals surface area contributed by atoms with E-state index in [1.807, 2.05) is 12.1 Å². The summed E-state index contributed by atoms with van der Waals surface area (Å²) in [4.78, 5) is 18.5. The van der Waals surface area contributed by atoms with Crippen molar-refractivity contribution in [3.63, 3.8) is 0 Å². The minimum Gasteiger partial charge on any atom is -0.491 e. The normalized spacial score (nSPS) is 20.5. The molecule has 1 fully saturated rings. The zero-order valence-electron chi connectivity index (χ0n) is 13.0. The molecule has 0 aromatic carbocycles. The summed E-state index contributed by atoms with van der Waals surface area (Å²) in [7, 11) is 1.44. The van der Waals surface area contributed by atoms with Gasteiger partial charge >= 0.3 is 5.97 Å². The third kappa shape index (κ3) is 4.17. The van der Waals surface area contributed by atoms with Crippen molar-refractivity contribution >= 4 is 5.97 Å². The number of methoxy groups -OCH3 is 1.